The Hall–Kier alpha value is -2.11. The minimum absolute atomic E-state index is 0.560. The van der Waals surface area contributed by atoms with E-state index >= 15 is 0 Å². The lowest BCUT2D eigenvalue weighted by Gasteiger charge is -2.08. The zero-order valence-electron chi connectivity index (χ0n) is 11.5. The van der Waals surface area contributed by atoms with E-state index in [1.165, 1.54) is 0 Å². The molecule has 0 spiro atoms. The molecule has 0 amide bonds. The van der Waals surface area contributed by atoms with Crippen molar-refractivity contribution in [2.75, 3.05) is 17.2 Å². The largest absolute Gasteiger partial charge is 0.370 e. The van der Waals surface area contributed by atoms with E-state index in [0.29, 0.717) is 6.54 Å². The Bertz CT molecular complexity index is 538. The van der Waals surface area contributed by atoms with E-state index in [0.717, 1.165) is 41.9 Å². The molecule has 0 atom stereocenters. The first-order chi connectivity index (χ1) is 9.17. The summed E-state index contributed by atoms with van der Waals surface area (Å²) in [6.07, 6.45) is 1.06. The highest BCUT2D eigenvalue weighted by Crippen LogP contribution is 2.12. The number of aromatic nitrogens is 3. The van der Waals surface area contributed by atoms with Crippen molar-refractivity contribution >= 4 is 11.6 Å². The average molecular weight is 261 g/mol. The lowest BCUT2D eigenvalue weighted by atomic mass is 10.4. The van der Waals surface area contributed by atoms with Gasteiger partial charge in [0.2, 0.25) is 0 Å². The molecule has 2 heterocycles. The number of hydrogen-bond acceptors (Lipinski definition) is 6. The summed E-state index contributed by atoms with van der Waals surface area (Å²) in [6, 6.07) is 3.79. The molecule has 19 heavy (non-hydrogen) atoms. The number of nitrogens with one attached hydrogen (secondary N) is 2. The highest BCUT2D eigenvalue weighted by atomic mass is 16.5. The van der Waals surface area contributed by atoms with Gasteiger partial charge in [0, 0.05) is 18.7 Å². The minimum atomic E-state index is 0.560. The monoisotopic (exact) mass is 261 g/mol. The van der Waals surface area contributed by atoms with Crippen molar-refractivity contribution in [3.05, 3.63) is 29.4 Å². The third-order valence-electron chi connectivity index (χ3n) is 2.51. The first-order valence-corrected chi connectivity index (χ1v) is 6.43. The minimum Gasteiger partial charge on any atom is -0.370 e. The smallest absolute Gasteiger partial charge is 0.156 e. The molecule has 2 aromatic rings. The SMILES string of the molecule is CCCNc1cc(NCc2cc(C)no2)nc(C)n1. The highest BCUT2D eigenvalue weighted by molar-refractivity contribution is 5.47. The maximum Gasteiger partial charge on any atom is 0.156 e. The molecule has 0 aliphatic rings. The van der Waals surface area contributed by atoms with Crippen LogP contribution >= 0.6 is 0 Å². The van der Waals surface area contributed by atoms with Crippen LogP contribution in [0, 0.1) is 13.8 Å². The van der Waals surface area contributed by atoms with E-state index in [4.69, 9.17) is 4.52 Å². The Kier molecular flexibility index (Phi) is 4.33. The zero-order valence-corrected chi connectivity index (χ0v) is 11.5. The average Bonchev–Trinajstić information content (AvgIpc) is 2.79. The number of aryl methyl sites for hydroxylation is 2. The number of rotatable bonds is 6. The third-order valence-corrected chi connectivity index (χ3v) is 2.51. The van der Waals surface area contributed by atoms with E-state index in [9.17, 15) is 0 Å². The second-order valence-electron chi connectivity index (χ2n) is 4.40. The van der Waals surface area contributed by atoms with Gasteiger partial charge < -0.3 is 15.2 Å². The maximum atomic E-state index is 5.14. The molecule has 6 nitrogen and oxygen atoms in total. The molecule has 0 bridgehead atoms. The molecule has 0 saturated carbocycles. The Morgan fingerprint density at radius 3 is 2.47 bits per heavy atom. The van der Waals surface area contributed by atoms with E-state index in [2.05, 4.69) is 32.7 Å². The van der Waals surface area contributed by atoms with Crippen molar-refractivity contribution in [2.45, 2.75) is 33.7 Å². The third kappa shape index (κ3) is 3.94. The van der Waals surface area contributed by atoms with Gasteiger partial charge in [-0.25, -0.2) is 9.97 Å². The molecule has 0 saturated heterocycles. The molecule has 2 N–H and O–H groups in total. The molecule has 6 heteroatoms. The second kappa shape index (κ2) is 6.17. The summed E-state index contributed by atoms with van der Waals surface area (Å²) in [5.41, 5.74) is 0.876. The Balaban J connectivity index is 2.01. The molecule has 0 unspecified atom stereocenters. The van der Waals surface area contributed by atoms with Gasteiger partial charge in [-0.1, -0.05) is 12.1 Å². The fraction of sp³-hybridized carbons (Fsp3) is 0.462. The summed E-state index contributed by atoms with van der Waals surface area (Å²) in [5.74, 6) is 3.14. The van der Waals surface area contributed by atoms with Gasteiger partial charge in [0.05, 0.1) is 12.2 Å². The topological polar surface area (TPSA) is 75.9 Å². The van der Waals surface area contributed by atoms with E-state index < -0.39 is 0 Å². The quantitative estimate of drug-likeness (QED) is 0.832. The fourth-order valence-electron chi connectivity index (χ4n) is 1.68. The lowest BCUT2D eigenvalue weighted by molar-refractivity contribution is 0.384. The van der Waals surface area contributed by atoms with Crippen LogP contribution in [0.25, 0.3) is 0 Å². The van der Waals surface area contributed by atoms with Crippen molar-refractivity contribution < 1.29 is 4.52 Å². The van der Waals surface area contributed by atoms with Crippen LogP contribution in [0.4, 0.5) is 11.6 Å². The fourth-order valence-corrected chi connectivity index (χ4v) is 1.68. The highest BCUT2D eigenvalue weighted by Gasteiger charge is 2.04. The molecule has 102 valence electrons. The van der Waals surface area contributed by atoms with Gasteiger partial charge in [0.25, 0.3) is 0 Å². The molecule has 2 rings (SSSR count). The second-order valence-corrected chi connectivity index (χ2v) is 4.40. The van der Waals surface area contributed by atoms with Crippen LogP contribution in [0.15, 0.2) is 16.7 Å². The molecule has 2 aromatic heterocycles. The van der Waals surface area contributed by atoms with Crippen molar-refractivity contribution in [1.29, 1.82) is 0 Å². The van der Waals surface area contributed by atoms with Crippen LogP contribution in [0.3, 0.4) is 0 Å². The predicted octanol–water partition coefficient (Wildman–Crippen LogP) is 2.52. The number of anilines is 2. The number of nitrogens with zero attached hydrogens (tertiary/aromatic N) is 3. The molecular weight excluding hydrogens is 242 g/mol. The Labute approximate surface area is 112 Å². The summed E-state index contributed by atoms with van der Waals surface area (Å²) in [4.78, 5) is 8.67. The van der Waals surface area contributed by atoms with Crippen LogP contribution in [0.1, 0.15) is 30.6 Å². The van der Waals surface area contributed by atoms with E-state index in [1.807, 2.05) is 26.0 Å². The van der Waals surface area contributed by atoms with E-state index in [-0.39, 0.29) is 0 Å². The normalized spacial score (nSPS) is 10.5. The summed E-state index contributed by atoms with van der Waals surface area (Å²) in [7, 11) is 0. The van der Waals surface area contributed by atoms with Crippen LogP contribution in [0.2, 0.25) is 0 Å². The van der Waals surface area contributed by atoms with Gasteiger partial charge in [-0.15, -0.1) is 0 Å². The summed E-state index contributed by atoms with van der Waals surface area (Å²) in [6.45, 7) is 7.35. The molecule has 0 aromatic carbocycles. The molecule has 0 radical (unpaired) electrons. The summed E-state index contributed by atoms with van der Waals surface area (Å²) >= 11 is 0. The summed E-state index contributed by atoms with van der Waals surface area (Å²) < 4.78 is 5.14. The van der Waals surface area contributed by atoms with Gasteiger partial charge in [-0.05, 0) is 20.3 Å². The molecule has 0 aliphatic heterocycles. The van der Waals surface area contributed by atoms with Crippen LogP contribution < -0.4 is 10.6 Å². The van der Waals surface area contributed by atoms with Crippen LogP contribution in [0.5, 0.6) is 0 Å². The lowest BCUT2D eigenvalue weighted by Crippen LogP contribution is -2.07. The van der Waals surface area contributed by atoms with E-state index in [1.54, 1.807) is 0 Å². The van der Waals surface area contributed by atoms with Crippen molar-refractivity contribution in [3.63, 3.8) is 0 Å². The first-order valence-electron chi connectivity index (χ1n) is 6.43. The van der Waals surface area contributed by atoms with Gasteiger partial charge in [-0.2, -0.15) is 0 Å². The van der Waals surface area contributed by atoms with Crippen molar-refractivity contribution in [1.82, 2.24) is 15.1 Å². The van der Waals surface area contributed by atoms with Gasteiger partial charge in [0.15, 0.2) is 5.76 Å². The van der Waals surface area contributed by atoms with Crippen molar-refractivity contribution in [2.24, 2.45) is 0 Å². The van der Waals surface area contributed by atoms with Crippen molar-refractivity contribution in [3.8, 4) is 0 Å². The zero-order chi connectivity index (χ0) is 13.7. The van der Waals surface area contributed by atoms with Gasteiger partial charge >= 0.3 is 0 Å². The maximum absolute atomic E-state index is 5.14. The number of hydrogen-bond donors (Lipinski definition) is 2. The van der Waals surface area contributed by atoms with Gasteiger partial charge in [0.1, 0.15) is 17.5 Å². The Morgan fingerprint density at radius 2 is 1.84 bits per heavy atom. The standard InChI is InChI=1S/C13H19N5O/c1-4-5-14-12-7-13(17-10(3)16-12)15-8-11-6-9(2)18-19-11/h6-7H,4-5,8H2,1-3H3,(H2,14,15,16,17). The predicted molar refractivity (Wildman–Crippen MR) is 74.1 cm³/mol. The van der Waals surface area contributed by atoms with Crippen LogP contribution in [-0.2, 0) is 6.54 Å². The first kappa shape index (κ1) is 13.3. The molecule has 0 aliphatic carbocycles. The molecule has 0 fully saturated rings. The Morgan fingerprint density at radius 1 is 1.11 bits per heavy atom. The van der Waals surface area contributed by atoms with Crippen LogP contribution in [-0.4, -0.2) is 21.7 Å². The van der Waals surface area contributed by atoms with Gasteiger partial charge in [-0.3, -0.25) is 0 Å². The summed E-state index contributed by atoms with van der Waals surface area (Å²) in [5, 5.41) is 10.3. The molecular formula is C13H19N5O.